The Morgan fingerprint density at radius 1 is 1.47 bits per heavy atom. The highest BCUT2D eigenvalue weighted by atomic mass is 32.1. The van der Waals surface area contributed by atoms with Crippen molar-refractivity contribution in [1.82, 2.24) is 14.8 Å². The Labute approximate surface area is 91.9 Å². The molecule has 0 saturated carbocycles. The summed E-state index contributed by atoms with van der Waals surface area (Å²) in [4.78, 5) is 3.87. The molecular formula is C9H9N5S. The summed E-state index contributed by atoms with van der Waals surface area (Å²) in [6, 6.07) is 7.56. The van der Waals surface area contributed by atoms with Gasteiger partial charge in [-0.3, -0.25) is 0 Å². The molecule has 0 fully saturated rings. The summed E-state index contributed by atoms with van der Waals surface area (Å²) in [6.45, 7) is 0. The van der Waals surface area contributed by atoms with Crippen LogP contribution in [-0.4, -0.2) is 19.9 Å². The van der Waals surface area contributed by atoms with E-state index in [2.05, 4.69) is 15.4 Å². The van der Waals surface area contributed by atoms with Crippen molar-refractivity contribution in [3.05, 3.63) is 36.9 Å². The number of hydrogen-bond acceptors (Lipinski definition) is 3. The fourth-order valence-corrected chi connectivity index (χ4v) is 1.33. The van der Waals surface area contributed by atoms with Gasteiger partial charge in [-0.2, -0.15) is 5.10 Å². The van der Waals surface area contributed by atoms with Gasteiger partial charge in [-0.25, -0.2) is 9.67 Å². The molecule has 1 aromatic carbocycles. The molecule has 0 radical (unpaired) electrons. The second-order valence-corrected chi connectivity index (χ2v) is 3.32. The fraction of sp³-hybridized carbons (Fsp3) is 0. The van der Waals surface area contributed by atoms with E-state index < -0.39 is 0 Å². The lowest BCUT2D eigenvalue weighted by Crippen LogP contribution is -2.18. The molecule has 1 aromatic heterocycles. The number of nitrogens with zero attached hydrogens (tertiary/aromatic N) is 3. The molecule has 5 nitrogen and oxygen atoms in total. The molecule has 0 aliphatic carbocycles. The molecule has 3 N–H and O–H groups in total. The summed E-state index contributed by atoms with van der Waals surface area (Å²) in [6.07, 6.45) is 3.10. The zero-order chi connectivity index (χ0) is 10.7. The normalized spacial score (nSPS) is 9.87. The minimum atomic E-state index is 0.241. The Bertz CT molecular complexity index is 465. The van der Waals surface area contributed by atoms with Crippen LogP contribution in [0.3, 0.4) is 0 Å². The number of nitrogens with two attached hydrogens (primary N) is 1. The van der Waals surface area contributed by atoms with Crippen LogP contribution in [0.5, 0.6) is 0 Å². The standard InChI is InChI=1S/C9H9N5S/c10-9(15)13-7-2-1-3-8(4-7)14-6-11-5-12-14/h1-6H,(H3,10,13,15). The third-order valence-electron chi connectivity index (χ3n) is 1.80. The second kappa shape index (κ2) is 4.05. The highest BCUT2D eigenvalue weighted by Gasteiger charge is 1.98. The summed E-state index contributed by atoms with van der Waals surface area (Å²) < 4.78 is 1.66. The third kappa shape index (κ3) is 2.29. The smallest absolute Gasteiger partial charge is 0.168 e. The number of hydrogen-bond donors (Lipinski definition) is 2. The van der Waals surface area contributed by atoms with Crippen molar-refractivity contribution in [3.63, 3.8) is 0 Å². The van der Waals surface area contributed by atoms with E-state index in [9.17, 15) is 0 Å². The number of benzene rings is 1. The maximum atomic E-state index is 5.38. The molecule has 2 rings (SSSR count). The van der Waals surface area contributed by atoms with Crippen LogP contribution in [0.4, 0.5) is 5.69 Å². The first-order valence-corrected chi connectivity index (χ1v) is 4.68. The average Bonchev–Trinajstić information content (AvgIpc) is 2.69. The van der Waals surface area contributed by atoms with E-state index in [1.165, 1.54) is 6.33 Å². The SMILES string of the molecule is NC(=S)Nc1cccc(-n2cncn2)c1. The highest BCUT2D eigenvalue weighted by Crippen LogP contribution is 2.12. The Kier molecular flexibility index (Phi) is 2.59. The van der Waals surface area contributed by atoms with Crippen LogP contribution in [0.1, 0.15) is 0 Å². The van der Waals surface area contributed by atoms with Gasteiger partial charge in [-0.1, -0.05) is 6.07 Å². The lowest BCUT2D eigenvalue weighted by molar-refractivity contribution is 0.879. The van der Waals surface area contributed by atoms with Crippen LogP contribution in [0, 0.1) is 0 Å². The predicted molar refractivity (Wildman–Crippen MR) is 61.8 cm³/mol. The van der Waals surface area contributed by atoms with Crippen molar-refractivity contribution in [2.75, 3.05) is 5.32 Å². The quantitative estimate of drug-likeness (QED) is 0.735. The largest absolute Gasteiger partial charge is 0.376 e. The van der Waals surface area contributed by atoms with E-state index in [4.69, 9.17) is 18.0 Å². The van der Waals surface area contributed by atoms with Gasteiger partial charge in [-0.15, -0.1) is 0 Å². The topological polar surface area (TPSA) is 68.8 Å². The van der Waals surface area contributed by atoms with Crippen molar-refractivity contribution in [2.45, 2.75) is 0 Å². The van der Waals surface area contributed by atoms with Crippen molar-refractivity contribution in [3.8, 4) is 5.69 Å². The van der Waals surface area contributed by atoms with Crippen molar-refractivity contribution >= 4 is 23.0 Å². The maximum Gasteiger partial charge on any atom is 0.168 e. The minimum Gasteiger partial charge on any atom is -0.376 e. The highest BCUT2D eigenvalue weighted by molar-refractivity contribution is 7.80. The molecule has 6 heteroatoms. The molecule has 0 spiro atoms. The summed E-state index contributed by atoms with van der Waals surface area (Å²) in [5.74, 6) is 0. The summed E-state index contributed by atoms with van der Waals surface area (Å²) in [5, 5.41) is 7.12. The van der Waals surface area contributed by atoms with Crippen LogP contribution in [0.25, 0.3) is 5.69 Å². The third-order valence-corrected chi connectivity index (χ3v) is 1.90. The van der Waals surface area contributed by atoms with Crippen LogP contribution >= 0.6 is 12.2 Å². The van der Waals surface area contributed by atoms with Gasteiger partial charge in [0.1, 0.15) is 12.7 Å². The first kappa shape index (κ1) is 9.60. The molecule has 15 heavy (non-hydrogen) atoms. The number of anilines is 1. The van der Waals surface area contributed by atoms with Crippen LogP contribution in [-0.2, 0) is 0 Å². The van der Waals surface area contributed by atoms with E-state index in [0.29, 0.717) is 0 Å². The van der Waals surface area contributed by atoms with E-state index >= 15 is 0 Å². The molecule has 0 atom stereocenters. The Morgan fingerprint density at radius 3 is 3.00 bits per heavy atom. The van der Waals surface area contributed by atoms with Crippen molar-refractivity contribution in [2.24, 2.45) is 5.73 Å². The maximum absolute atomic E-state index is 5.38. The van der Waals surface area contributed by atoms with Crippen LogP contribution < -0.4 is 11.1 Å². The van der Waals surface area contributed by atoms with Crippen LogP contribution in [0.2, 0.25) is 0 Å². The van der Waals surface area contributed by atoms with E-state index in [1.807, 2.05) is 24.3 Å². The fourth-order valence-electron chi connectivity index (χ4n) is 1.21. The van der Waals surface area contributed by atoms with Crippen molar-refractivity contribution in [1.29, 1.82) is 0 Å². The Hall–Kier alpha value is -1.95. The molecule has 2 aromatic rings. The molecule has 76 valence electrons. The summed E-state index contributed by atoms with van der Waals surface area (Å²) in [7, 11) is 0. The molecule has 1 heterocycles. The molecular weight excluding hydrogens is 210 g/mol. The van der Waals surface area contributed by atoms with Crippen LogP contribution in [0.15, 0.2) is 36.9 Å². The number of thiocarbonyl (C=S) groups is 1. The Balaban J connectivity index is 2.31. The van der Waals surface area contributed by atoms with Gasteiger partial charge in [0.05, 0.1) is 5.69 Å². The monoisotopic (exact) mass is 219 g/mol. The van der Waals surface area contributed by atoms with E-state index in [0.717, 1.165) is 11.4 Å². The Morgan fingerprint density at radius 2 is 2.33 bits per heavy atom. The van der Waals surface area contributed by atoms with Gasteiger partial charge in [-0.05, 0) is 30.4 Å². The van der Waals surface area contributed by atoms with Crippen molar-refractivity contribution < 1.29 is 0 Å². The summed E-state index contributed by atoms with van der Waals surface area (Å²) in [5.41, 5.74) is 7.10. The molecule has 0 unspecified atom stereocenters. The summed E-state index contributed by atoms with van der Waals surface area (Å²) >= 11 is 4.75. The molecule has 0 bridgehead atoms. The second-order valence-electron chi connectivity index (χ2n) is 2.88. The number of rotatable bonds is 2. The zero-order valence-electron chi connectivity index (χ0n) is 7.79. The van der Waals surface area contributed by atoms with E-state index in [-0.39, 0.29) is 5.11 Å². The molecule has 0 aliphatic rings. The van der Waals surface area contributed by atoms with E-state index in [1.54, 1.807) is 11.0 Å². The molecule has 0 amide bonds. The van der Waals surface area contributed by atoms with Gasteiger partial charge in [0.15, 0.2) is 5.11 Å². The average molecular weight is 219 g/mol. The number of aromatic nitrogens is 3. The lowest BCUT2D eigenvalue weighted by Gasteiger charge is -2.05. The van der Waals surface area contributed by atoms with Gasteiger partial charge >= 0.3 is 0 Å². The first-order chi connectivity index (χ1) is 7.25. The number of nitrogens with one attached hydrogen (secondary N) is 1. The molecule has 0 saturated heterocycles. The van der Waals surface area contributed by atoms with Gasteiger partial charge in [0.25, 0.3) is 0 Å². The minimum absolute atomic E-state index is 0.241. The lowest BCUT2D eigenvalue weighted by atomic mass is 10.3. The van der Waals surface area contributed by atoms with Gasteiger partial charge in [0, 0.05) is 5.69 Å². The molecule has 0 aliphatic heterocycles. The van der Waals surface area contributed by atoms with Gasteiger partial charge < -0.3 is 11.1 Å². The first-order valence-electron chi connectivity index (χ1n) is 4.27. The zero-order valence-corrected chi connectivity index (χ0v) is 8.61. The van der Waals surface area contributed by atoms with Gasteiger partial charge in [0.2, 0.25) is 0 Å². The predicted octanol–water partition coefficient (Wildman–Crippen LogP) is 0.923.